The molecular formula is C14H12BrN3O. The van der Waals surface area contributed by atoms with Crippen LogP contribution in [0, 0.1) is 6.92 Å². The van der Waals surface area contributed by atoms with E-state index in [1.807, 2.05) is 12.1 Å². The van der Waals surface area contributed by atoms with Gasteiger partial charge in [-0.2, -0.15) is 4.98 Å². The van der Waals surface area contributed by atoms with E-state index >= 15 is 0 Å². The Morgan fingerprint density at radius 1 is 1.16 bits per heavy atom. The third-order valence-electron chi connectivity index (χ3n) is 2.82. The van der Waals surface area contributed by atoms with Gasteiger partial charge in [0, 0.05) is 17.1 Å². The minimum atomic E-state index is 0.555. The Balaban J connectivity index is 1.79. The van der Waals surface area contributed by atoms with Gasteiger partial charge in [-0.25, -0.2) is 0 Å². The van der Waals surface area contributed by atoms with Crippen molar-refractivity contribution >= 4 is 32.4 Å². The number of hydrogen-bond donors (Lipinski definition) is 1. The van der Waals surface area contributed by atoms with Crippen LogP contribution in [0.5, 0.6) is 0 Å². The molecule has 3 rings (SSSR count). The molecule has 19 heavy (non-hydrogen) atoms. The predicted molar refractivity (Wildman–Crippen MR) is 78.0 cm³/mol. The van der Waals surface area contributed by atoms with E-state index in [0.717, 1.165) is 10.2 Å². The van der Waals surface area contributed by atoms with Crippen molar-refractivity contribution in [2.75, 3.05) is 5.32 Å². The van der Waals surface area contributed by atoms with Crippen molar-refractivity contribution in [3.05, 3.63) is 52.6 Å². The topological polar surface area (TPSA) is 51.0 Å². The number of nitrogens with zero attached hydrogens (tertiary/aromatic N) is 2. The van der Waals surface area contributed by atoms with E-state index in [0.29, 0.717) is 18.3 Å². The smallest absolute Gasteiger partial charge is 0.223 e. The van der Waals surface area contributed by atoms with Gasteiger partial charge in [0.15, 0.2) is 5.82 Å². The first-order chi connectivity index (χ1) is 9.20. The zero-order valence-corrected chi connectivity index (χ0v) is 11.9. The molecule has 0 amide bonds. The molecule has 2 aromatic carbocycles. The number of aryl methyl sites for hydroxylation is 1. The highest BCUT2D eigenvalue weighted by atomic mass is 79.9. The molecule has 3 aromatic rings. The fourth-order valence-electron chi connectivity index (χ4n) is 1.92. The number of aromatic nitrogens is 2. The SMILES string of the molecule is Cc1nc(CNc2ccc3cc(Br)ccc3c2)no1. The first kappa shape index (κ1) is 12.2. The summed E-state index contributed by atoms with van der Waals surface area (Å²) in [6.07, 6.45) is 0. The first-order valence-electron chi connectivity index (χ1n) is 5.93. The molecular weight excluding hydrogens is 306 g/mol. The Kier molecular flexibility index (Phi) is 3.21. The molecule has 1 aromatic heterocycles. The molecule has 0 saturated carbocycles. The van der Waals surface area contributed by atoms with Crippen molar-refractivity contribution in [3.8, 4) is 0 Å². The van der Waals surface area contributed by atoms with Gasteiger partial charge in [0.05, 0.1) is 6.54 Å². The molecule has 0 aliphatic heterocycles. The Morgan fingerprint density at radius 2 is 1.95 bits per heavy atom. The summed E-state index contributed by atoms with van der Waals surface area (Å²) in [7, 11) is 0. The Hall–Kier alpha value is -1.88. The molecule has 1 heterocycles. The summed E-state index contributed by atoms with van der Waals surface area (Å²) in [4.78, 5) is 4.15. The third-order valence-corrected chi connectivity index (χ3v) is 3.32. The summed E-state index contributed by atoms with van der Waals surface area (Å²) < 4.78 is 6.02. The molecule has 0 radical (unpaired) electrons. The van der Waals surface area contributed by atoms with Crippen molar-refractivity contribution < 1.29 is 4.52 Å². The molecule has 0 aliphatic carbocycles. The zero-order valence-electron chi connectivity index (χ0n) is 10.4. The van der Waals surface area contributed by atoms with E-state index in [-0.39, 0.29) is 0 Å². The van der Waals surface area contributed by atoms with E-state index < -0.39 is 0 Å². The van der Waals surface area contributed by atoms with Crippen molar-refractivity contribution in [3.63, 3.8) is 0 Å². The lowest BCUT2D eigenvalue weighted by molar-refractivity contribution is 0.388. The van der Waals surface area contributed by atoms with Crippen LogP contribution in [0.25, 0.3) is 10.8 Å². The maximum absolute atomic E-state index is 4.93. The second kappa shape index (κ2) is 5.01. The summed E-state index contributed by atoms with van der Waals surface area (Å²) >= 11 is 3.47. The number of benzene rings is 2. The van der Waals surface area contributed by atoms with Crippen molar-refractivity contribution in [1.29, 1.82) is 0 Å². The monoisotopic (exact) mass is 317 g/mol. The lowest BCUT2D eigenvalue weighted by atomic mass is 10.1. The molecule has 0 saturated heterocycles. The predicted octanol–water partition coefficient (Wildman–Crippen LogP) is 3.91. The summed E-state index contributed by atoms with van der Waals surface area (Å²) in [5.74, 6) is 1.24. The molecule has 1 N–H and O–H groups in total. The van der Waals surface area contributed by atoms with E-state index in [1.165, 1.54) is 10.8 Å². The highest BCUT2D eigenvalue weighted by molar-refractivity contribution is 9.10. The normalized spacial score (nSPS) is 10.8. The summed E-state index contributed by atoms with van der Waals surface area (Å²) in [6, 6.07) is 12.5. The number of nitrogens with one attached hydrogen (secondary N) is 1. The van der Waals surface area contributed by atoms with Crippen molar-refractivity contribution in [1.82, 2.24) is 10.1 Å². The largest absolute Gasteiger partial charge is 0.378 e. The van der Waals surface area contributed by atoms with Crippen LogP contribution < -0.4 is 5.32 Å². The van der Waals surface area contributed by atoms with E-state index in [1.54, 1.807) is 6.92 Å². The van der Waals surface area contributed by atoms with Crippen LogP contribution in [-0.2, 0) is 6.54 Å². The Morgan fingerprint density at radius 3 is 2.74 bits per heavy atom. The van der Waals surface area contributed by atoms with Crippen LogP contribution in [0.3, 0.4) is 0 Å². The van der Waals surface area contributed by atoms with Gasteiger partial charge in [0.1, 0.15) is 0 Å². The molecule has 5 heteroatoms. The highest BCUT2D eigenvalue weighted by Gasteiger charge is 2.02. The molecule has 4 nitrogen and oxygen atoms in total. The van der Waals surface area contributed by atoms with Gasteiger partial charge in [-0.05, 0) is 35.0 Å². The van der Waals surface area contributed by atoms with Crippen LogP contribution in [0.1, 0.15) is 11.7 Å². The minimum Gasteiger partial charge on any atom is -0.378 e. The lowest BCUT2D eigenvalue weighted by Crippen LogP contribution is -2.01. The standard InChI is InChI=1S/C14H12BrN3O/c1-9-17-14(18-19-9)8-16-13-5-3-10-6-12(15)4-2-11(10)7-13/h2-7,16H,8H2,1H3. The van der Waals surface area contributed by atoms with Crippen molar-refractivity contribution in [2.24, 2.45) is 0 Å². The van der Waals surface area contributed by atoms with Gasteiger partial charge in [-0.15, -0.1) is 0 Å². The van der Waals surface area contributed by atoms with Gasteiger partial charge in [-0.1, -0.05) is 33.2 Å². The number of anilines is 1. The molecule has 0 fully saturated rings. The summed E-state index contributed by atoms with van der Waals surface area (Å²) in [5, 5.41) is 9.53. The van der Waals surface area contributed by atoms with Gasteiger partial charge in [0.2, 0.25) is 5.89 Å². The fraction of sp³-hybridized carbons (Fsp3) is 0.143. The second-order valence-electron chi connectivity index (χ2n) is 4.29. The van der Waals surface area contributed by atoms with E-state index in [2.05, 4.69) is 55.7 Å². The van der Waals surface area contributed by atoms with Crippen LogP contribution >= 0.6 is 15.9 Å². The number of halogens is 1. The van der Waals surface area contributed by atoms with Crippen LogP contribution in [0.2, 0.25) is 0 Å². The number of hydrogen-bond acceptors (Lipinski definition) is 4. The second-order valence-corrected chi connectivity index (χ2v) is 5.21. The third kappa shape index (κ3) is 2.76. The van der Waals surface area contributed by atoms with Crippen LogP contribution in [-0.4, -0.2) is 10.1 Å². The van der Waals surface area contributed by atoms with Gasteiger partial charge in [-0.3, -0.25) is 0 Å². The van der Waals surface area contributed by atoms with Gasteiger partial charge >= 0.3 is 0 Å². The molecule has 0 aliphatic rings. The van der Waals surface area contributed by atoms with Crippen LogP contribution in [0.4, 0.5) is 5.69 Å². The Labute approximate surface area is 119 Å². The fourth-order valence-corrected chi connectivity index (χ4v) is 2.30. The lowest BCUT2D eigenvalue weighted by Gasteiger charge is -2.05. The zero-order chi connectivity index (χ0) is 13.2. The average molecular weight is 318 g/mol. The summed E-state index contributed by atoms with van der Waals surface area (Å²) in [5.41, 5.74) is 1.04. The van der Waals surface area contributed by atoms with Crippen molar-refractivity contribution in [2.45, 2.75) is 13.5 Å². The van der Waals surface area contributed by atoms with Gasteiger partial charge < -0.3 is 9.84 Å². The maximum Gasteiger partial charge on any atom is 0.223 e. The quantitative estimate of drug-likeness (QED) is 0.795. The number of rotatable bonds is 3. The van der Waals surface area contributed by atoms with Gasteiger partial charge in [0.25, 0.3) is 0 Å². The molecule has 0 bridgehead atoms. The van der Waals surface area contributed by atoms with Crippen LogP contribution in [0.15, 0.2) is 45.4 Å². The van der Waals surface area contributed by atoms with E-state index in [9.17, 15) is 0 Å². The highest BCUT2D eigenvalue weighted by Crippen LogP contribution is 2.23. The average Bonchev–Trinajstić information content (AvgIpc) is 2.82. The first-order valence-corrected chi connectivity index (χ1v) is 6.72. The molecule has 0 atom stereocenters. The molecule has 0 spiro atoms. The maximum atomic E-state index is 4.93. The van der Waals surface area contributed by atoms with E-state index in [4.69, 9.17) is 4.52 Å². The summed E-state index contributed by atoms with van der Waals surface area (Å²) in [6.45, 7) is 2.34. The Bertz CT molecular complexity index is 724. The minimum absolute atomic E-state index is 0.555. The number of fused-ring (bicyclic) bond motifs is 1. The molecule has 0 unspecified atom stereocenters. The molecule has 96 valence electrons.